The molecule has 7 heterocycles. The van der Waals surface area contributed by atoms with Crippen LogP contribution in [0.15, 0.2) is 130 Å². The van der Waals surface area contributed by atoms with Gasteiger partial charge in [0.1, 0.15) is 0 Å². The zero-order valence-corrected chi connectivity index (χ0v) is 24.0. The molecule has 0 unspecified atom stereocenters. The minimum atomic E-state index is 0.886. The largest absolute Gasteiger partial charge is 0.362 e. The molecule has 4 heteroatoms. The van der Waals surface area contributed by atoms with Gasteiger partial charge in [-0.3, -0.25) is 9.98 Å². The third kappa shape index (κ3) is 7.79. The standard InChI is InChI=1S/C36H38N4/c1-25-21-26(2)38-34-15-7-30(8-16-34)24-32-11-19-36(20-12-32)40-28(4)22-27(3)39-35-17-9-31(10-18-35)23-29-5-13-33(37-25)14-6-29/h5-11,13-19,21-22,37,40H,12,20,23-24H2,1-4H3/b25-21?,28-22-,38-26?,39-27?. The lowest BCUT2D eigenvalue weighted by atomic mass is 9.96. The second-order valence-electron chi connectivity index (χ2n) is 10.8. The van der Waals surface area contributed by atoms with E-state index in [1.54, 1.807) is 0 Å². The van der Waals surface area contributed by atoms with Gasteiger partial charge >= 0.3 is 0 Å². The fourth-order valence-electron chi connectivity index (χ4n) is 5.16. The molecule has 40 heavy (non-hydrogen) atoms. The highest BCUT2D eigenvalue weighted by atomic mass is 14.9. The van der Waals surface area contributed by atoms with Crippen molar-refractivity contribution in [2.45, 2.75) is 53.4 Å². The van der Waals surface area contributed by atoms with Crippen LogP contribution in [-0.4, -0.2) is 11.4 Å². The summed E-state index contributed by atoms with van der Waals surface area (Å²) in [5.74, 6) is 0. The van der Waals surface area contributed by atoms with E-state index in [2.05, 4.69) is 129 Å². The Morgan fingerprint density at radius 2 is 1.02 bits per heavy atom. The molecular formula is C36H38N4. The first kappa shape index (κ1) is 27.1. The predicted molar refractivity (Wildman–Crippen MR) is 171 cm³/mol. The van der Waals surface area contributed by atoms with Gasteiger partial charge in [-0.25, -0.2) is 0 Å². The summed E-state index contributed by atoms with van der Waals surface area (Å²) in [5, 5.41) is 7.06. The Kier molecular flexibility index (Phi) is 8.56. The van der Waals surface area contributed by atoms with E-state index in [0.717, 1.165) is 65.6 Å². The zero-order valence-electron chi connectivity index (χ0n) is 24.0. The fraction of sp³-hybridized carbons (Fsp3) is 0.222. The second-order valence-corrected chi connectivity index (χ2v) is 10.8. The van der Waals surface area contributed by atoms with Gasteiger partial charge in [-0.2, -0.15) is 0 Å². The SMILES string of the molecule is CC1=CC(C)=Nc2ccc(cc2)CC2=CC=C(CC2)N/C(C)=C\C(C)=Nc2ccc(cc2)Cc2ccc(cc2)N1. The first-order valence-electron chi connectivity index (χ1n) is 14.0. The van der Waals surface area contributed by atoms with E-state index in [1.807, 2.05) is 6.92 Å². The maximum Gasteiger partial charge on any atom is 0.0633 e. The van der Waals surface area contributed by atoms with Gasteiger partial charge in [0.2, 0.25) is 0 Å². The first-order chi connectivity index (χ1) is 19.4. The van der Waals surface area contributed by atoms with E-state index in [9.17, 15) is 0 Å². The summed E-state index contributed by atoms with van der Waals surface area (Å²) in [6.07, 6.45) is 12.6. The maximum atomic E-state index is 4.81. The van der Waals surface area contributed by atoms with Crippen LogP contribution in [0.2, 0.25) is 0 Å². The molecule has 0 radical (unpaired) electrons. The van der Waals surface area contributed by atoms with E-state index in [1.165, 1.54) is 28.0 Å². The average molecular weight is 527 g/mol. The van der Waals surface area contributed by atoms with Gasteiger partial charge in [0.25, 0.3) is 0 Å². The normalized spacial score (nSPS) is 17.7. The summed E-state index contributed by atoms with van der Waals surface area (Å²) >= 11 is 0. The molecule has 0 spiro atoms. The van der Waals surface area contributed by atoms with Gasteiger partial charge in [-0.15, -0.1) is 0 Å². The lowest BCUT2D eigenvalue weighted by Gasteiger charge is -2.17. The monoisotopic (exact) mass is 526 g/mol. The number of benzene rings is 3. The molecule has 11 rings (SSSR count). The number of hydrogen-bond acceptors (Lipinski definition) is 4. The van der Waals surface area contributed by atoms with E-state index in [-0.39, 0.29) is 0 Å². The van der Waals surface area contributed by atoms with E-state index in [0.29, 0.717) is 0 Å². The van der Waals surface area contributed by atoms with Crippen LogP contribution < -0.4 is 10.6 Å². The highest BCUT2D eigenvalue weighted by molar-refractivity contribution is 5.96. The molecule has 8 bridgehead atoms. The molecule has 0 saturated heterocycles. The molecule has 2 N–H and O–H groups in total. The third-order valence-electron chi connectivity index (χ3n) is 7.06. The second kappa shape index (κ2) is 12.6. The Bertz CT molecular complexity index is 1530. The molecule has 0 saturated carbocycles. The summed E-state index contributed by atoms with van der Waals surface area (Å²) in [6.45, 7) is 8.27. The molecule has 7 aliphatic heterocycles. The predicted octanol–water partition coefficient (Wildman–Crippen LogP) is 9.13. The van der Waals surface area contributed by atoms with E-state index >= 15 is 0 Å². The van der Waals surface area contributed by atoms with Crippen LogP contribution in [0.1, 0.15) is 57.2 Å². The molecule has 202 valence electrons. The lowest BCUT2D eigenvalue weighted by Crippen LogP contribution is -2.13. The fourth-order valence-corrected chi connectivity index (χ4v) is 5.16. The summed E-state index contributed by atoms with van der Waals surface area (Å²) < 4.78 is 0. The Balaban J connectivity index is 1.41. The molecular weight excluding hydrogens is 488 g/mol. The van der Waals surface area contributed by atoms with Crippen molar-refractivity contribution in [3.05, 3.63) is 136 Å². The number of hydrogen-bond donors (Lipinski definition) is 2. The minimum Gasteiger partial charge on any atom is -0.362 e. The van der Waals surface area contributed by atoms with Crippen molar-refractivity contribution in [1.29, 1.82) is 0 Å². The minimum absolute atomic E-state index is 0.886. The summed E-state index contributed by atoms with van der Waals surface area (Å²) in [5.41, 5.74) is 13.7. The van der Waals surface area contributed by atoms with Crippen molar-refractivity contribution in [3.63, 3.8) is 0 Å². The van der Waals surface area contributed by atoms with Gasteiger partial charge in [0.15, 0.2) is 0 Å². The van der Waals surface area contributed by atoms with Crippen molar-refractivity contribution in [2.24, 2.45) is 9.98 Å². The van der Waals surface area contributed by atoms with Crippen molar-refractivity contribution >= 4 is 28.5 Å². The number of allylic oxidation sites excluding steroid dienone is 8. The van der Waals surface area contributed by atoms with Crippen molar-refractivity contribution < 1.29 is 0 Å². The van der Waals surface area contributed by atoms with E-state index < -0.39 is 0 Å². The highest BCUT2D eigenvalue weighted by Gasteiger charge is 2.08. The Hall–Kier alpha value is -4.44. The molecule has 4 nitrogen and oxygen atoms in total. The Morgan fingerprint density at radius 3 is 1.55 bits per heavy atom. The molecule has 0 fully saturated rings. The van der Waals surface area contributed by atoms with Crippen molar-refractivity contribution in [2.75, 3.05) is 5.32 Å². The van der Waals surface area contributed by atoms with Gasteiger partial charge in [0, 0.05) is 34.2 Å². The Labute approximate surface area is 238 Å². The summed E-state index contributed by atoms with van der Waals surface area (Å²) in [7, 11) is 0. The van der Waals surface area contributed by atoms with Gasteiger partial charge in [-0.05, 0) is 125 Å². The van der Waals surface area contributed by atoms with Crippen LogP contribution in [0.25, 0.3) is 0 Å². The molecule has 0 amide bonds. The van der Waals surface area contributed by atoms with Crippen LogP contribution in [-0.2, 0) is 12.8 Å². The number of rotatable bonds is 0. The quantitative estimate of drug-likeness (QED) is 0.307. The first-order valence-corrected chi connectivity index (χ1v) is 14.0. The smallest absolute Gasteiger partial charge is 0.0633 e. The number of anilines is 1. The van der Waals surface area contributed by atoms with Gasteiger partial charge in [-0.1, -0.05) is 48.0 Å². The molecule has 3 aromatic rings. The van der Waals surface area contributed by atoms with Gasteiger partial charge in [0.05, 0.1) is 11.4 Å². The summed E-state index contributed by atoms with van der Waals surface area (Å²) in [4.78, 5) is 9.62. The number of nitrogens with zero attached hydrogens (tertiary/aromatic N) is 2. The lowest BCUT2D eigenvalue weighted by molar-refractivity contribution is 0.796. The average Bonchev–Trinajstić information content (AvgIpc) is 2.92. The molecule has 3 aromatic carbocycles. The summed E-state index contributed by atoms with van der Waals surface area (Å²) in [6, 6.07) is 25.8. The van der Waals surface area contributed by atoms with Crippen LogP contribution >= 0.6 is 0 Å². The third-order valence-corrected chi connectivity index (χ3v) is 7.06. The Morgan fingerprint density at radius 1 is 0.525 bits per heavy atom. The highest BCUT2D eigenvalue weighted by Crippen LogP contribution is 2.23. The maximum absolute atomic E-state index is 4.81. The van der Waals surface area contributed by atoms with Gasteiger partial charge < -0.3 is 10.6 Å². The molecule has 0 atom stereocenters. The van der Waals surface area contributed by atoms with Crippen LogP contribution in [0.5, 0.6) is 0 Å². The zero-order chi connectivity index (χ0) is 27.9. The molecule has 8 aliphatic rings. The van der Waals surface area contributed by atoms with Crippen LogP contribution in [0.4, 0.5) is 17.1 Å². The van der Waals surface area contributed by atoms with Crippen LogP contribution in [0, 0.1) is 0 Å². The van der Waals surface area contributed by atoms with Crippen molar-refractivity contribution in [3.8, 4) is 0 Å². The number of aliphatic imine (C=N–C) groups is 2. The topological polar surface area (TPSA) is 48.8 Å². The number of nitrogens with one attached hydrogen (secondary N) is 2. The molecule has 0 aromatic heterocycles. The molecule has 1 aliphatic carbocycles. The van der Waals surface area contributed by atoms with Crippen LogP contribution in [0.3, 0.4) is 0 Å². The van der Waals surface area contributed by atoms with E-state index in [4.69, 9.17) is 9.98 Å². The van der Waals surface area contributed by atoms with Crippen molar-refractivity contribution in [1.82, 2.24) is 5.32 Å².